The average Bonchev–Trinajstić information content (AvgIpc) is 2.76. The fraction of sp³-hybridized carbons (Fsp3) is 0.857. The molecule has 3 atom stereocenters. The van der Waals surface area contributed by atoms with Crippen LogP contribution in [-0.2, 0) is 19.1 Å². The van der Waals surface area contributed by atoms with Crippen molar-refractivity contribution in [3.63, 3.8) is 0 Å². The minimum absolute atomic E-state index is 0.0361. The Morgan fingerprint density at radius 2 is 2.06 bits per heavy atom. The van der Waals surface area contributed by atoms with Crippen LogP contribution < -0.4 is 0 Å². The smallest absolute Gasteiger partial charge is 0.311 e. The predicted molar refractivity (Wildman–Crippen MR) is 68.2 cm³/mol. The number of hydrogen-bond donors (Lipinski definition) is 0. The molecule has 0 bridgehead atoms. The van der Waals surface area contributed by atoms with E-state index in [1.165, 1.54) is 0 Å². The molecule has 0 saturated carbocycles. The van der Waals surface area contributed by atoms with Crippen LogP contribution in [0.4, 0.5) is 0 Å². The zero-order valence-electron chi connectivity index (χ0n) is 11.6. The van der Waals surface area contributed by atoms with Gasteiger partial charge in [0.25, 0.3) is 0 Å². The molecule has 0 radical (unpaired) electrons. The Hall–Kier alpha value is -0.900. The van der Waals surface area contributed by atoms with Gasteiger partial charge in [-0.25, -0.2) is 0 Å². The molecular formula is C14H24O4. The second-order valence-corrected chi connectivity index (χ2v) is 4.88. The maximum atomic E-state index is 11.8. The Labute approximate surface area is 109 Å². The van der Waals surface area contributed by atoms with Gasteiger partial charge in [-0.3, -0.25) is 4.79 Å². The van der Waals surface area contributed by atoms with Crippen molar-refractivity contribution < 1.29 is 19.1 Å². The number of Topliss-reactive ketones (excluding diaryl/α,β-unsaturated/α-hetero) is 1. The summed E-state index contributed by atoms with van der Waals surface area (Å²) in [4.78, 5) is 22.7. The molecule has 4 nitrogen and oxygen atoms in total. The Bertz CT molecular complexity index is 288. The van der Waals surface area contributed by atoms with E-state index < -0.39 is 0 Å². The molecule has 1 rings (SSSR count). The molecule has 18 heavy (non-hydrogen) atoms. The lowest BCUT2D eigenvalue weighted by Crippen LogP contribution is -2.30. The summed E-state index contributed by atoms with van der Waals surface area (Å²) in [6, 6.07) is 0. The third kappa shape index (κ3) is 4.41. The van der Waals surface area contributed by atoms with Crippen molar-refractivity contribution in [2.45, 2.75) is 65.1 Å². The van der Waals surface area contributed by atoms with Crippen LogP contribution in [0.2, 0.25) is 0 Å². The molecule has 0 aromatic carbocycles. The molecule has 1 aliphatic heterocycles. The standard InChI is InChI=1S/C14H24O4/c1-4-12(14(16)17-5-2)13-9-8-11(18-13)7-6-10(3)15/h11-13H,4-9H2,1-3H3. The van der Waals surface area contributed by atoms with Crippen molar-refractivity contribution in [3.8, 4) is 0 Å². The number of ether oxygens (including phenoxy) is 2. The van der Waals surface area contributed by atoms with Crippen LogP contribution in [0.1, 0.15) is 52.9 Å². The van der Waals surface area contributed by atoms with E-state index in [1.54, 1.807) is 6.92 Å². The molecule has 0 aliphatic carbocycles. The van der Waals surface area contributed by atoms with Crippen molar-refractivity contribution >= 4 is 11.8 Å². The summed E-state index contributed by atoms with van der Waals surface area (Å²) in [5.41, 5.74) is 0. The lowest BCUT2D eigenvalue weighted by Gasteiger charge is -2.21. The van der Waals surface area contributed by atoms with E-state index in [2.05, 4.69) is 0 Å². The minimum Gasteiger partial charge on any atom is -0.466 e. The molecule has 4 heteroatoms. The lowest BCUT2D eigenvalue weighted by atomic mass is 9.97. The highest BCUT2D eigenvalue weighted by atomic mass is 16.5. The van der Waals surface area contributed by atoms with Gasteiger partial charge in [0, 0.05) is 6.42 Å². The summed E-state index contributed by atoms with van der Waals surface area (Å²) in [7, 11) is 0. The molecule has 1 heterocycles. The molecule has 0 aromatic rings. The van der Waals surface area contributed by atoms with Gasteiger partial charge in [0.15, 0.2) is 0 Å². The van der Waals surface area contributed by atoms with Crippen LogP contribution in [-0.4, -0.2) is 30.6 Å². The topological polar surface area (TPSA) is 52.6 Å². The van der Waals surface area contributed by atoms with Gasteiger partial charge >= 0.3 is 5.97 Å². The highest BCUT2D eigenvalue weighted by molar-refractivity contribution is 5.75. The summed E-state index contributed by atoms with van der Waals surface area (Å²) < 4.78 is 10.9. The first kappa shape index (κ1) is 15.2. The van der Waals surface area contributed by atoms with Gasteiger partial charge in [-0.05, 0) is 39.5 Å². The normalized spacial score (nSPS) is 24.8. The van der Waals surface area contributed by atoms with Crippen molar-refractivity contribution in [2.75, 3.05) is 6.61 Å². The fourth-order valence-electron chi connectivity index (χ4n) is 2.44. The van der Waals surface area contributed by atoms with Crippen LogP contribution in [0, 0.1) is 5.92 Å². The van der Waals surface area contributed by atoms with Crippen LogP contribution >= 0.6 is 0 Å². The third-order valence-corrected chi connectivity index (χ3v) is 3.44. The van der Waals surface area contributed by atoms with Crippen molar-refractivity contribution in [3.05, 3.63) is 0 Å². The molecule has 0 spiro atoms. The fourth-order valence-corrected chi connectivity index (χ4v) is 2.44. The van der Waals surface area contributed by atoms with E-state index in [-0.39, 0.29) is 29.9 Å². The molecule has 0 aromatic heterocycles. The summed E-state index contributed by atoms with van der Waals surface area (Å²) in [6.45, 7) is 5.80. The number of hydrogen-bond acceptors (Lipinski definition) is 4. The summed E-state index contributed by atoms with van der Waals surface area (Å²) in [5.74, 6) is -0.121. The molecule has 1 saturated heterocycles. The second-order valence-electron chi connectivity index (χ2n) is 4.88. The summed E-state index contributed by atoms with van der Waals surface area (Å²) in [6.07, 6.45) is 3.99. The maximum absolute atomic E-state index is 11.8. The Kier molecular flexibility index (Phi) is 6.33. The Morgan fingerprint density at radius 1 is 1.33 bits per heavy atom. The average molecular weight is 256 g/mol. The molecule has 1 aliphatic rings. The molecule has 1 fully saturated rings. The van der Waals surface area contributed by atoms with Gasteiger partial charge in [0.1, 0.15) is 5.78 Å². The van der Waals surface area contributed by atoms with E-state index in [9.17, 15) is 9.59 Å². The molecule has 104 valence electrons. The second kappa shape index (κ2) is 7.52. The Morgan fingerprint density at radius 3 is 2.61 bits per heavy atom. The number of carbonyl (C=O) groups excluding carboxylic acids is 2. The van der Waals surface area contributed by atoms with Crippen molar-refractivity contribution in [1.29, 1.82) is 0 Å². The van der Waals surface area contributed by atoms with Crippen LogP contribution in [0.5, 0.6) is 0 Å². The van der Waals surface area contributed by atoms with Crippen molar-refractivity contribution in [1.82, 2.24) is 0 Å². The van der Waals surface area contributed by atoms with Gasteiger partial charge in [-0.2, -0.15) is 0 Å². The lowest BCUT2D eigenvalue weighted by molar-refractivity contribution is -0.153. The zero-order chi connectivity index (χ0) is 13.5. The Balaban J connectivity index is 2.43. The van der Waals surface area contributed by atoms with Crippen molar-refractivity contribution in [2.24, 2.45) is 5.92 Å². The maximum Gasteiger partial charge on any atom is 0.311 e. The quantitative estimate of drug-likeness (QED) is 0.657. The van der Waals surface area contributed by atoms with Gasteiger partial charge in [-0.15, -0.1) is 0 Å². The van der Waals surface area contributed by atoms with Crippen LogP contribution in [0.3, 0.4) is 0 Å². The first-order chi connectivity index (χ1) is 8.58. The SMILES string of the molecule is CCOC(=O)C(CC)C1CCC(CCC(C)=O)O1. The zero-order valence-corrected chi connectivity index (χ0v) is 11.6. The molecular weight excluding hydrogens is 232 g/mol. The number of carbonyl (C=O) groups is 2. The monoisotopic (exact) mass is 256 g/mol. The first-order valence-corrected chi connectivity index (χ1v) is 6.90. The number of ketones is 1. The van der Waals surface area contributed by atoms with Gasteiger partial charge in [0.2, 0.25) is 0 Å². The number of esters is 1. The third-order valence-electron chi connectivity index (χ3n) is 3.44. The largest absolute Gasteiger partial charge is 0.466 e. The van der Waals surface area contributed by atoms with E-state index in [0.717, 1.165) is 25.7 Å². The van der Waals surface area contributed by atoms with E-state index in [1.807, 2.05) is 13.8 Å². The van der Waals surface area contributed by atoms with Gasteiger partial charge < -0.3 is 14.3 Å². The highest BCUT2D eigenvalue weighted by Crippen LogP contribution is 2.30. The van der Waals surface area contributed by atoms with E-state index in [0.29, 0.717) is 13.0 Å². The first-order valence-electron chi connectivity index (χ1n) is 6.90. The van der Waals surface area contributed by atoms with Gasteiger partial charge in [-0.1, -0.05) is 6.92 Å². The predicted octanol–water partition coefficient (Wildman–Crippen LogP) is 2.49. The molecule has 3 unspecified atom stereocenters. The van der Waals surface area contributed by atoms with E-state index >= 15 is 0 Å². The summed E-state index contributed by atoms with van der Waals surface area (Å²) in [5, 5.41) is 0. The highest BCUT2D eigenvalue weighted by Gasteiger charge is 2.35. The van der Waals surface area contributed by atoms with Crippen LogP contribution in [0.15, 0.2) is 0 Å². The molecule has 0 N–H and O–H groups in total. The minimum atomic E-state index is -0.160. The number of rotatable bonds is 7. The van der Waals surface area contributed by atoms with Crippen LogP contribution in [0.25, 0.3) is 0 Å². The molecule has 0 amide bonds. The summed E-state index contributed by atoms with van der Waals surface area (Å²) >= 11 is 0. The van der Waals surface area contributed by atoms with Gasteiger partial charge in [0.05, 0.1) is 24.7 Å². The van der Waals surface area contributed by atoms with E-state index in [4.69, 9.17) is 9.47 Å².